The molecule has 1 heterocycles. The van der Waals surface area contributed by atoms with E-state index in [9.17, 15) is 18.7 Å². The highest BCUT2D eigenvalue weighted by molar-refractivity contribution is 7.12. The number of carbonyl (C=O) groups is 1. The van der Waals surface area contributed by atoms with Gasteiger partial charge in [-0.25, -0.2) is 13.6 Å². The fourth-order valence-electron chi connectivity index (χ4n) is 1.73. The summed E-state index contributed by atoms with van der Waals surface area (Å²) in [4.78, 5) is 12.4. The maximum Gasteiger partial charge on any atom is 0.336 e. The highest BCUT2D eigenvalue weighted by atomic mass is 32.1. The topological polar surface area (TPSA) is 57.5 Å². The van der Waals surface area contributed by atoms with Crippen LogP contribution in [0, 0.1) is 18.6 Å². The summed E-state index contributed by atoms with van der Waals surface area (Å²) in [6.07, 6.45) is -1.29. The number of benzene rings is 1. The van der Waals surface area contributed by atoms with Crippen molar-refractivity contribution in [2.75, 3.05) is 0 Å². The van der Waals surface area contributed by atoms with Gasteiger partial charge in [-0.3, -0.25) is 0 Å². The Labute approximate surface area is 111 Å². The number of thiophene rings is 1. The predicted molar refractivity (Wildman–Crippen MR) is 66.4 cm³/mol. The van der Waals surface area contributed by atoms with Crippen LogP contribution in [0.2, 0.25) is 0 Å². The molecule has 1 unspecified atom stereocenters. The second-order valence-electron chi connectivity index (χ2n) is 4.01. The lowest BCUT2D eigenvalue weighted by Crippen LogP contribution is -2.09. The van der Waals surface area contributed by atoms with Crippen molar-refractivity contribution in [2.24, 2.45) is 0 Å². The summed E-state index contributed by atoms with van der Waals surface area (Å²) >= 11 is 1.26. The summed E-state index contributed by atoms with van der Waals surface area (Å²) < 4.78 is 26.3. The van der Waals surface area contributed by atoms with Crippen molar-refractivity contribution in [2.45, 2.75) is 13.0 Å². The van der Waals surface area contributed by atoms with Gasteiger partial charge in [0, 0.05) is 15.3 Å². The Morgan fingerprint density at radius 1 is 1.26 bits per heavy atom. The summed E-state index contributed by atoms with van der Waals surface area (Å²) in [5.41, 5.74) is -0.606. The van der Waals surface area contributed by atoms with E-state index in [1.807, 2.05) is 6.92 Å². The minimum Gasteiger partial charge on any atom is -0.478 e. The Bertz CT molecular complexity index is 637. The van der Waals surface area contributed by atoms with Crippen molar-refractivity contribution in [3.63, 3.8) is 0 Å². The van der Waals surface area contributed by atoms with Gasteiger partial charge in [0.15, 0.2) is 11.6 Å². The number of rotatable bonds is 3. The smallest absolute Gasteiger partial charge is 0.336 e. The first kappa shape index (κ1) is 13.6. The molecule has 0 fully saturated rings. The van der Waals surface area contributed by atoms with E-state index in [2.05, 4.69) is 0 Å². The Balaban J connectivity index is 2.54. The molecule has 2 rings (SSSR count). The lowest BCUT2D eigenvalue weighted by Gasteiger charge is -2.12. The first-order valence-electron chi connectivity index (χ1n) is 5.36. The Morgan fingerprint density at radius 3 is 2.42 bits per heavy atom. The molecule has 1 atom stereocenters. The van der Waals surface area contributed by atoms with Crippen molar-refractivity contribution in [1.29, 1.82) is 0 Å². The average Bonchev–Trinajstić information content (AvgIpc) is 2.77. The molecule has 19 heavy (non-hydrogen) atoms. The molecule has 0 saturated heterocycles. The van der Waals surface area contributed by atoms with Crippen molar-refractivity contribution >= 4 is 17.3 Å². The van der Waals surface area contributed by atoms with E-state index in [0.717, 1.165) is 10.9 Å². The number of aliphatic hydroxyl groups is 1. The maximum atomic E-state index is 13.2. The number of hydrogen-bond acceptors (Lipinski definition) is 3. The van der Waals surface area contributed by atoms with Gasteiger partial charge in [-0.05, 0) is 31.2 Å². The van der Waals surface area contributed by atoms with Gasteiger partial charge in [0.05, 0.1) is 5.56 Å². The molecule has 0 spiro atoms. The van der Waals surface area contributed by atoms with E-state index in [1.165, 1.54) is 11.3 Å². The van der Waals surface area contributed by atoms with Gasteiger partial charge in [0.1, 0.15) is 6.10 Å². The molecule has 3 nitrogen and oxygen atoms in total. The van der Waals surface area contributed by atoms with E-state index in [-0.39, 0.29) is 5.56 Å². The molecule has 0 saturated carbocycles. The third kappa shape index (κ3) is 2.64. The third-order valence-corrected chi connectivity index (χ3v) is 3.70. The zero-order chi connectivity index (χ0) is 14.2. The molecule has 0 bridgehead atoms. The van der Waals surface area contributed by atoms with E-state index in [1.54, 1.807) is 12.1 Å². The van der Waals surface area contributed by atoms with Crippen LogP contribution in [0.4, 0.5) is 8.78 Å². The van der Waals surface area contributed by atoms with Gasteiger partial charge in [-0.2, -0.15) is 0 Å². The maximum absolute atomic E-state index is 13.2. The standard InChI is InChI=1S/C13H10F2O3S/c1-6-2-3-11(19-6)12(16)7-4-9(14)10(15)5-8(7)13(17)18/h2-5,12,16H,1H3,(H,17,18). The van der Waals surface area contributed by atoms with Gasteiger partial charge in [0.2, 0.25) is 0 Å². The molecule has 6 heteroatoms. The highest BCUT2D eigenvalue weighted by Gasteiger charge is 2.22. The summed E-state index contributed by atoms with van der Waals surface area (Å²) in [6.45, 7) is 1.82. The van der Waals surface area contributed by atoms with Crippen molar-refractivity contribution in [1.82, 2.24) is 0 Å². The number of aryl methyl sites for hydroxylation is 1. The second-order valence-corrected chi connectivity index (χ2v) is 5.33. The number of aliphatic hydroxyl groups excluding tert-OH is 1. The molecule has 1 aromatic heterocycles. The van der Waals surface area contributed by atoms with Gasteiger partial charge in [-0.15, -0.1) is 11.3 Å². The molecule has 100 valence electrons. The number of halogens is 2. The van der Waals surface area contributed by atoms with E-state index < -0.39 is 29.3 Å². The number of carboxylic acids is 1. The highest BCUT2D eigenvalue weighted by Crippen LogP contribution is 2.31. The molecule has 0 aliphatic carbocycles. The first-order chi connectivity index (χ1) is 8.90. The SMILES string of the molecule is Cc1ccc(C(O)c2cc(F)c(F)cc2C(=O)O)s1. The number of carboxylic acid groups (broad SMARTS) is 1. The van der Waals surface area contributed by atoms with Crippen LogP contribution in [0.15, 0.2) is 24.3 Å². The predicted octanol–water partition coefficient (Wildman–Crippen LogP) is 3.11. The van der Waals surface area contributed by atoms with Crippen LogP contribution < -0.4 is 0 Å². The molecule has 2 N–H and O–H groups in total. The summed E-state index contributed by atoms with van der Waals surface area (Å²) in [5, 5.41) is 19.1. The lowest BCUT2D eigenvalue weighted by molar-refractivity contribution is 0.0690. The molecule has 0 aliphatic heterocycles. The van der Waals surface area contributed by atoms with Crippen LogP contribution in [-0.2, 0) is 0 Å². The molecule has 0 amide bonds. The zero-order valence-electron chi connectivity index (χ0n) is 9.85. The first-order valence-corrected chi connectivity index (χ1v) is 6.18. The molecule has 2 aromatic rings. The Kier molecular flexibility index (Phi) is 3.64. The minimum atomic E-state index is -1.42. The minimum absolute atomic E-state index is 0.159. The number of hydrogen-bond donors (Lipinski definition) is 2. The number of aromatic carboxylic acids is 1. The molecular weight excluding hydrogens is 274 g/mol. The van der Waals surface area contributed by atoms with Gasteiger partial charge < -0.3 is 10.2 Å². The fraction of sp³-hybridized carbons (Fsp3) is 0.154. The van der Waals surface area contributed by atoms with Gasteiger partial charge in [0.25, 0.3) is 0 Å². The summed E-state index contributed by atoms with van der Waals surface area (Å²) in [7, 11) is 0. The van der Waals surface area contributed by atoms with E-state index >= 15 is 0 Å². The van der Waals surface area contributed by atoms with Crippen LogP contribution in [0.1, 0.15) is 31.8 Å². The molecule has 0 radical (unpaired) electrons. The Morgan fingerprint density at radius 2 is 1.89 bits per heavy atom. The van der Waals surface area contributed by atoms with Gasteiger partial charge in [-0.1, -0.05) is 0 Å². The van der Waals surface area contributed by atoms with Crippen LogP contribution in [0.3, 0.4) is 0 Å². The molecule has 0 aliphatic rings. The van der Waals surface area contributed by atoms with Crippen molar-refractivity contribution in [3.05, 3.63) is 56.8 Å². The largest absolute Gasteiger partial charge is 0.478 e. The summed E-state index contributed by atoms with van der Waals surface area (Å²) in [6, 6.07) is 4.68. The van der Waals surface area contributed by atoms with Gasteiger partial charge >= 0.3 is 5.97 Å². The van der Waals surface area contributed by atoms with Crippen LogP contribution in [0.25, 0.3) is 0 Å². The third-order valence-electron chi connectivity index (χ3n) is 2.65. The fourth-order valence-corrected chi connectivity index (χ4v) is 2.61. The monoisotopic (exact) mass is 284 g/mol. The van der Waals surface area contributed by atoms with Crippen LogP contribution in [0.5, 0.6) is 0 Å². The van der Waals surface area contributed by atoms with Crippen molar-refractivity contribution < 1.29 is 23.8 Å². The van der Waals surface area contributed by atoms with Crippen molar-refractivity contribution in [3.8, 4) is 0 Å². The molecular formula is C13H10F2O3S. The van der Waals surface area contributed by atoms with Crippen LogP contribution in [-0.4, -0.2) is 16.2 Å². The van der Waals surface area contributed by atoms with Crippen LogP contribution >= 0.6 is 11.3 Å². The molecule has 1 aromatic carbocycles. The Hall–Kier alpha value is -1.79. The second kappa shape index (κ2) is 5.07. The summed E-state index contributed by atoms with van der Waals surface area (Å²) in [5.74, 6) is -3.86. The lowest BCUT2D eigenvalue weighted by atomic mass is 10.0. The van der Waals surface area contributed by atoms with E-state index in [4.69, 9.17) is 5.11 Å². The quantitative estimate of drug-likeness (QED) is 0.910. The zero-order valence-corrected chi connectivity index (χ0v) is 10.7. The normalized spacial score (nSPS) is 12.4. The average molecular weight is 284 g/mol. The van der Waals surface area contributed by atoms with E-state index in [0.29, 0.717) is 10.9 Å².